The van der Waals surface area contributed by atoms with Crippen molar-refractivity contribution < 1.29 is 28.2 Å². The van der Waals surface area contributed by atoms with E-state index in [1.165, 1.54) is 41.3 Å². The SMILES string of the molecule is CCN1C(=O)C[C@H](C(=O)Nc2ccc(OC(F)(F)Cl)cc2)SC1=Nc1cc(Cl)c(O)c(Cl)c1. The Morgan fingerprint density at radius 3 is 2.45 bits per heavy atom. The molecule has 33 heavy (non-hydrogen) atoms. The zero-order valence-corrected chi connectivity index (χ0v) is 19.9. The van der Waals surface area contributed by atoms with Crippen LogP contribution in [0.3, 0.4) is 0 Å². The third kappa shape index (κ3) is 6.63. The summed E-state index contributed by atoms with van der Waals surface area (Å²) in [6.45, 7) is 2.09. The molecule has 2 amide bonds. The molecule has 0 saturated carbocycles. The molecular weight excluding hydrogens is 523 g/mol. The third-order valence-corrected chi connectivity index (χ3v) is 6.17. The Morgan fingerprint density at radius 2 is 1.91 bits per heavy atom. The number of benzene rings is 2. The van der Waals surface area contributed by atoms with E-state index in [1.807, 2.05) is 0 Å². The van der Waals surface area contributed by atoms with Gasteiger partial charge in [-0.2, -0.15) is 0 Å². The lowest BCUT2D eigenvalue weighted by atomic mass is 10.2. The fraction of sp³-hybridized carbons (Fsp3) is 0.250. The number of aliphatic imine (C=N–C) groups is 1. The first-order valence-electron chi connectivity index (χ1n) is 9.37. The summed E-state index contributed by atoms with van der Waals surface area (Å²) in [5, 5.41) is 11.8. The van der Waals surface area contributed by atoms with E-state index >= 15 is 0 Å². The molecule has 13 heteroatoms. The number of rotatable bonds is 6. The molecule has 1 aliphatic rings. The molecule has 176 valence electrons. The Labute approximate surface area is 206 Å². The van der Waals surface area contributed by atoms with Gasteiger partial charge in [0.15, 0.2) is 10.9 Å². The topological polar surface area (TPSA) is 91.2 Å². The predicted octanol–water partition coefficient (Wildman–Crippen LogP) is 5.85. The highest BCUT2D eigenvalue weighted by Gasteiger charge is 2.35. The van der Waals surface area contributed by atoms with Crippen LogP contribution in [0.15, 0.2) is 41.4 Å². The highest BCUT2D eigenvalue weighted by Crippen LogP contribution is 2.37. The minimum atomic E-state index is -3.85. The number of amides is 2. The molecule has 0 bridgehead atoms. The molecule has 0 radical (unpaired) electrons. The first-order valence-corrected chi connectivity index (χ1v) is 11.4. The molecule has 3 rings (SSSR count). The van der Waals surface area contributed by atoms with Gasteiger partial charge >= 0.3 is 5.57 Å². The van der Waals surface area contributed by atoms with E-state index in [2.05, 4.69) is 15.0 Å². The van der Waals surface area contributed by atoms with E-state index in [4.69, 9.17) is 34.8 Å². The maximum Gasteiger partial charge on any atom is 0.487 e. The Morgan fingerprint density at radius 1 is 1.30 bits per heavy atom. The molecule has 1 atom stereocenters. The van der Waals surface area contributed by atoms with Crippen LogP contribution in [0.5, 0.6) is 11.5 Å². The maximum absolute atomic E-state index is 12.8. The maximum atomic E-state index is 12.8. The van der Waals surface area contributed by atoms with E-state index in [1.54, 1.807) is 6.92 Å². The molecule has 1 aliphatic heterocycles. The monoisotopic (exact) mass is 537 g/mol. The van der Waals surface area contributed by atoms with E-state index in [0.29, 0.717) is 17.9 Å². The van der Waals surface area contributed by atoms with Crippen LogP contribution < -0.4 is 10.1 Å². The van der Waals surface area contributed by atoms with Gasteiger partial charge in [0.2, 0.25) is 11.8 Å². The van der Waals surface area contributed by atoms with Gasteiger partial charge in [0.1, 0.15) is 11.0 Å². The van der Waals surface area contributed by atoms with Crippen molar-refractivity contribution >= 4 is 74.9 Å². The number of hydrogen-bond acceptors (Lipinski definition) is 6. The largest absolute Gasteiger partial charge is 0.505 e. The minimum absolute atomic E-state index is 0.00863. The first-order chi connectivity index (χ1) is 15.5. The quantitative estimate of drug-likeness (QED) is 0.451. The van der Waals surface area contributed by atoms with Crippen LogP contribution >= 0.6 is 46.6 Å². The van der Waals surface area contributed by atoms with Gasteiger partial charge in [-0.05, 0) is 43.3 Å². The minimum Gasteiger partial charge on any atom is -0.505 e. The van der Waals surface area contributed by atoms with Crippen molar-refractivity contribution in [3.63, 3.8) is 0 Å². The lowest BCUT2D eigenvalue weighted by molar-refractivity contribution is -0.129. The standard InChI is InChI=1S/C20H16Cl3F2N3O4S/c1-2-28-16(29)9-15(33-19(28)27-11-7-13(21)17(30)14(22)8-11)18(31)26-10-3-5-12(6-4-10)32-20(23,24)25/h3-8,15,30H,2,9H2,1H3,(H,26,31)/t15-/m1/s1. The fourth-order valence-corrected chi connectivity index (χ4v) is 4.57. The van der Waals surface area contributed by atoms with Crippen molar-refractivity contribution in [3.05, 3.63) is 46.4 Å². The molecule has 1 fully saturated rings. The van der Waals surface area contributed by atoms with E-state index in [9.17, 15) is 23.5 Å². The number of hydrogen-bond donors (Lipinski definition) is 2. The molecule has 0 aromatic heterocycles. The average Bonchev–Trinajstić information content (AvgIpc) is 2.72. The molecule has 0 spiro atoms. The van der Waals surface area contributed by atoms with Crippen molar-refractivity contribution in [2.75, 3.05) is 11.9 Å². The molecule has 7 nitrogen and oxygen atoms in total. The molecular formula is C20H16Cl3F2N3O4S. The number of thioether (sulfide) groups is 1. The number of alkyl halides is 3. The zero-order chi connectivity index (χ0) is 24.3. The number of nitrogens with one attached hydrogen (secondary N) is 1. The van der Waals surface area contributed by atoms with E-state index in [0.717, 1.165) is 11.8 Å². The van der Waals surface area contributed by atoms with Crippen molar-refractivity contribution in [3.8, 4) is 11.5 Å². The van der Waals surface area contributed by atoms with Crippen molar-refractivity contribution in [1.29, 1.82) is 0 Å². The Balaban J connectivity index is 1.77. The highest BCUT2D eigenvalue weighted by molar-refractivity contribution is 8.15. The summed E-state index contributed by atoms with van der Waals surface area (Å²) in [7, 11) is 0. The first kappa shape index (κ1) is 25.4. The fourth-order valence-electron chi connectivity index (χ4n) is 2.84. The smallest absolute Gasteiger partial charge is 0.487 e. The molecule has 2 aromatic rings. The third-order valence-electron chi connectivity index (χ3n) is 4.33. The molecule has 1 heterocycles. The molecule has 0 unspecified atom stereocenters. The van der Waals surface area contributed by atoms with Gasteiger partial charge in [-0.15, -0.1) is 8.78 Å². The second-order valence-corrected chi connectivity index (χ2v) is 9.09. The molecule has 0 aliphatic carbocycles. The molecule has 1 saturated heterocycles. The Hall–Kier alpha value is -2.27. The molecule has 2 N–H and O–H groups in total. The Bertz CT molecular complexity index is 1070. The van der Waals surface area contributed by atoms with Crippen LogP contribution in [-0.2, 0) is 9.59 Å². The van der Waals surface area contributed by atoms with E-state index in [-0.39, 0.29) is 39.0 Å². The van der Waals surface area contributed by atoms with Gasteiger partial charge in [-0.1, -0.05) is 35.0 Å². The lowest BCUT2D eigenvalue weighted by Gasteiger charge is -2.31. The van der Waals surface area contributed by atoms with Crippen LogP contribution in [0.25, 0.3) is 0 Å². The number of amidine groups is 1. The van der Waals surface area contributed by atoms with Crippen molar-refractivity contribution in [1.82, 2.24) is 4.90 Å². The van der Waals surface area contributed by atoms with Gasteiger partial charge in [0.05, 0.1) is 15.7 Å². The summed E-state index contributed by atoms with van der Waals surface area (Å²) in [5.41, 5.74) is -3.24. The average molecular weight is 539 g/mol. The van der Waals surface area contributed by atoms with E-state index < -0.39 is 16.7 Å². The number of phenolic OH excluding ortho intramolecular Hbond substituents is 1. The number of phenols is 1. The number of carbonyl (C=O) groups is 2. The van der Waals surface area contributed by atoms with Gasteiger partial charge in [-0.25, -0.2) is 4.99 Å². The number of aromatic hydroxyl groups is 1. The summed E-state index contributed by atoms with van der Waals surface area (Å²) in [6.07, 6.45) is -0.0693. The summed E-state index contributed by atoms with van der Waals surface area (Å²) in [4.78, 5) is 31.2. The summed E-state index contributed by atoms with van der Waals surface area (Å²) < 4.78 is 29.7. The number of halogens is 5. The second kappa shape index (κ2) is 10.3. The van der Waals surface area contributed by atoms with Crippen LogP contribution in [0.2, 0.25) is 10.0 Å². The summed E-state index contributed by atoms with van der Waals surface area (Å²) in [5.74, 6) is -1.26. The van der Waals surface area contributed by atoms with Gasteiger partial charge in [0.25, 0.3) is 0 Å². The lowest BCUT2D eigenvalue weighted by Crippen LogP contribution is -2.45. The highest BCUT2D eigenvalue weighted by atomic mass is 35.5. The number of ether oxygens (including phenoxy) is 1. The van der Waals surface area contributed by atoms with Crippen molar-refractivity contribution in [2.24, 2.45) is 4.99 Å². The molecule has 2 aromatic carbocycles. The van der Waals surface area contributed by atoms with Crippen LogP contribution in [0, 0.1) is 0 Å². The van der Waals surface area contributed by atoms with Gasteiger partial charge in [0, 0.05) is 30.3 Å². The number of anilines is 1. The number of nitrogens with zero attached hydrogens (tertiary/aromatic N) is 2. The normalized spacial score (nSPS) is 17.9. The van der Waals surface area contributed by atoms with Gasteiger partial charge < -0.3 is 15.2 Å². The summed E-state index contributed by atoms with van der Waals surface area (Å²) in [6, 6.07) is 7.92. The second-order valence-electron chi connectivity index (χ2n) is 6.66. The zero-order valence-electron chi connectivity index (χ0n) is 16.8. The van der Waals surface area contributed by atoms with Crippen molar-refractivity contribution in [2.45, 2.75) is 24.2 Å². The summed E-state index contributed by atoms with van der Waals surface area (Å²) >= 11 is 17.7. The Kier molecular flexibility index (Phi) is 7.94. The number of carbonyl (C=O) groups excluding carboxylic acids is 2. The van der Waals surface area contributed by atoms with Gasteiger partial charge in [-0.3, -0.25) is 14.5 Å². The van der Waals surface area contributed by atoms with Crippen LogP contribution in [0.1, 0.15) is 13.3 Å². The predicted molar refractivity (Wildman–Crippen MR) is 125 cm³/mol. The van der Waals surface area contributed by atoms with Crippen LogP contribution in [0.4, 0.5) is 20.2 Å². The van der Waals surface area contributed by atoms with Crippen LogP contribution in [-0.4, -0.2) is 44.4 Å².